The normalized spacial score (nSPS) is 23.6. The highest BCUT2D eigenvalue weighted by atomic mass is 16.6. The van der Waals surface area contributed by atoms with Crippen LogP contribution >= 0.6 is 0 Å². The third kappa shape index (κ3) is 1.78. The van der Waals surface area contributed by atoms with E-state index in [0.29, 0.717) is 18.5 Å². The molecule has 1 aliphatic heterocycles. The highest BCUT2D eigenvalue weighted by Crippen LogP contribution is 2.31. The molecule has 5 heteroatoms. The molecular formula is C10H12N2O3. The summed E-state index contributed by atoms with van der Waals surface area (Å²) in [5, 5.41) is 13.6. The zero-order valence-corrected chi connectivity index (χ0v) is 7.74. The third-order valence-electron chi connectivity index (χ3n) is 2.23. The Labute approximate surface area is 94.2 Å². The fourth-order valence-corrected chi connectivity index (χ4v) is 1.51. The minimum Gasteiger partial charge on any atom is -0.490 e. The van der Waals surface area contributed by atoms with Crippen molar-refractivity contribution in [3.05, 3.63) is 33.4 Å². The first-order valence-corrected chi connectivity index (χ1v) is 4.36. The molecule has 0 fully saturated rings. The number of nitro benzene ring substituents is 1. The van der Waals surface area contributed by atoms with Crippen molar-refractivity contribution >= 4 is 5.69 Å². The number of fused-ring (bicyclic) bond motifs is 1. The second-order valence-corrected chi connectivity index (χ2v) is 3.14. The minimum atomic E-state index is -2.80. The topological polar surface area (TPSA) is 64.4 Å². The summed E-state index contributed by atoms with van der Waals surface area (Å²) in [5.41, 5.74) is 0.0689. The lowest BCUT2D eigenvalue weighted by Gasteiger charge is -2.17. The number of nitrogens with zero attached hydrogens (tertiary/aromatic N) is 1. The van der Waals surface area contributed by atoms with Crippen LogP contribution in [0.3, 0.4) is 0 Å². The van der Waals surface area contributed by atoms with Crippen LogP contribution in [0.1, 0.15) is 18.0 Å². The second kappa shape index (κ2) is 3.86. The molecule has 0 spiro atoms. The lowest BCUT2D eigenvalue weighted by Crippen LogP contribution is -2.23. The van der Waals surface area contributed by atoms with Crippen molar-refractivity contribution in [2.75, 3.05) is 13.6 Å². The van der Waals surface area contributed by atoms with Gasteiger partial charge in [-0.2, -0.15) is 0 Å². The van der Waals surface area contributed by atoms with Crippen LogP contribution in [-0.4, -0.2) is 18.5 Å². The van der Waals surface area contributed by atoms with Gasteiger partial charge in [-0.3, -0.25) is 10.1 Å². The van der Waals surface area contributed by atoms with Gasteiger partial charge >= 0.3 is 5.69 Å². The molecule has 0 saturated carbocycles. The van der Waals surface area contributed by atoms with E-state index in [1.165, 1.54) is 6.07 Å². The number of hydrogen-bond acceptors (Lipinski definition) is 4. The van der Waals surface area contributed by atoms with Crippen LogP contribution in [0.5, 0.6) is 5.75 Å². The van der Waals surface area contributed by atoms with E-state index in [1.54, 1.807) is 0 Å². The largest absolute Gasteiger partial charge is 0.490 e. The molecule has 0 unspecified atom stereocenters. The summed E-state index contributed by atoms with van der Waals surface area (Å²) in [5.74, 6) is -0.369. The van der Waals surface area contributed by atoms with Crippen LogP contribution in [-0.2, 0) is 12.9 Å². The van der Waals surface area contributed by atoms with E-state index in [-0.39, 0.29) is 11.3 Å². The molecule has 5 nitrogen and oxygen atoms in total. The molecule has 0 aromatic heterocycles. The monoisotopic (exact) mass is 213 g/mol. The van der Waals surface area contributed by atoms with Gasteiger partial charge in [0.25, 0.3) is 0 Å². The Hall–Kier alpha value is -1.62. The molecule has 0 bridgehead atoms. The molecule has 0 amide bonds. The Morgan fingerprint density at radius 3 is 3.27 bits per heavy atom. The van der Waals surface area contributed by atoms with E-state index >= 15 is 0 Å². The van der Waals surface area contributed by atoms with Gasteiger partial charge in [-0.1, -0.05) is 0 Å². The van der Waals surface area contributed by atoms with Crippen LogP contribution in [0, 0.1) is 10.1 Å². The van der Waals surface area contributed by atoms with Crippen LogP contribution in [0.4, 0.5) is 5.69 Å². The van der Waals surface area contributed by atoms with Gasteiger partial charge in [0.1, 0.15) is 0 Å². The van der Waals surface area contributed by atoms with E-state index in [0.717, 1.165) is 6.07 Å². The number of nitrogens with one attached hydrogen (secondary N) is 1. The van der Waals surface area contributed by atoms with Gasteiger partial charge in [0.05, 0.1) is 16.1 Å². The van der Waals surface area contributed by atoms with Gasteiger partial charge in [0.2, 0.25) is 0 Å². The predicted molar refractivity (Wildman–Crippen MR) is 55.1 cm³/mol. The highest BCUT2D eigenvalue weighted by molar-refractivity contribution is 5.52. The van der Waals surface area contributed by atoms with Crippen molar-refractivity contribution in [2.45, 2.75) is 12.9 Å². The maximum atomic E-state index is 11.0. The molecule has 1 aromatic rings. The molecule has 1 aromatic carbocycles. The average Bonchev–Trinajstić information content (AvgIpc) is 2.25. The second-order valence-electron chi connectivity index (χ2n) is 3.14. The Kier molecular flexibility index (Phi) is 1.41. The standard InChI is InChI=1S/C10H12N2O3/c1-15-10-5-7-2-3-11-6-8(7)4-9(10)12(13)14/h4-5,11H,2-3,6H2,1H3/i1D3,6D2. The predicted octanol–water partition coefficient (Wildman–Crippen LogP) is 1.25. The van der Waals surface area contributed by atoms with Gasteiger partial charge in [-0.05, 0) is 30.2 Å². The van der Waals surface area contributed by atoms with Crippen molar-refractivity contribution in [1.29, 1.82) is 0 Å². The maximum absolute atomic E-state index is 11.0. The molecule has 80 valence electrons. The fraction of sp³-hybridized carbons (Fsp3) is 0.400. The van der Waals surface area contributed by atoms with Crippen molar-refractivity contribution in [3.63, 3.8) is 0 Å². The third-order valence-corrected chi connectivity index (χ3v) is 2.23. The van der Waals surface area contributed by atoms with Crippen molar-refractivity contribution in [2.24, 2.45) is 0 Å². The average molecular weight is 213 g/mol. The van der Waals surface area contributed by atoms with Gasteiger partial charge < -0.3 is 10.1 Å². The van der Waals surface area contributed by atoms with Gasteiger partial charge in [0, 0.05) is 15.3 Å². The van der Waals surface area contributed by atoms with Gasteiger partial charge in [-0.15, -0.1) is 0 Å². The Morgan fingerprint density at radius 1 is 1.67 bits per heavy atom. The van der Waals surface area contributed by atoms with E-state index < -0.39 is 24.1 Å². The number of rotatable bonds is 2. The molecule has 1 N–H and O–H groups in total. The van der Waals surface area contributed by atoms with Crippen LogP contribution in [0.15, 0.2) is 12.1 Å². The van der Waals surface area contributed by atoms with E-state index in [4.69, 9.17) is 6.85 Å². The van der Waals surface area contributed by atoms with E-state index in [1.807, 2.05) is 0 Å². The molecule has 2 rings (SSSR count). The van der Waals surface area contributed by atoms with Crippen molar-refractivity contribution < 1.29 is 16.5 Å². The first kappa shape index (κ1) is 5.46. The molecule has 1 heterocycles. The SMILES string of the molecule is [2H]C([2H])([2H])Oc1cc2c(cc1[N+](=O)[O-])C([2H])([2H])NCC2. The smallest absolute Gasteiger partial charge is 0.311 e. The van der Waals surface area contributed by atoms with Crippen LogP contribution < -0.4 is 10.1 Å². The molecule has 15 heavy (non-hydrogen) atoms. The zero-order chi connectivity index (χ0) is 15.1. The lowest BCUT2D eigenvalue weighted by atomic mass is 10.00. The minimum absolute atomic E-state index is 0.133. The first-order valence-electron chi connectivity index (χ1n) is 6.86. The molecule has 0 saturated heterocycles. The molecular weight excluding hydrogens is 196 g/mol. The number of hydrogen-bond donors (Lipinski definition) is 1. The van der Waals surface area contributed by atoms with Crippen LogP contribution in [0.25, 0.3) is 0 Å². The number of methoxy groups -OCH3 is 1. The number of benzene rings is 1. The van der Waals surface area contributed by atoms with Crippen molar-refractivity contribution in [3.8, 4) is 5.75 Å². The Balaban J connectivity index is 2.56. The van der Waals surface area contributed by atoms with E-state index in [9.17, 15) is 10.1 Å². The summed E-state index contributed by atoms with van der Waals surface area (Å²) in [4.78, 5) is 10.2. The van der Waals surface area contributed by atoms with Crippen LogP contribution in [0.2, 0.25) is 0 Å². The number of ether oxygens (including phenoxy) is 1. The highest BCUT2D eigenvalue weighted by Gasteiger charge is 2.20. The maximum Gasteiger partial charge on any atom is 0.311 e. The summed E-state index contributed by atoms with van der Waals surface area (Å²) >= 11 is 0. The van der Waals surface area contributed by atoms with Gasteiger partial charge in [-0.25, -0.2) is 0 Å². The molecule has 0 aliphatic carbocycles. The molecule has 0 atom stereocenters. The first-order chi connectivity index (χ1) is 9.10. The summed E-state index contributed by atoms with van der Waals surface area (Å²) in [6.45, 7) is -1.54. The summed E-state index contributed by atoms with van der Waals surface area (Å²) in [6, 6.07) is 2.26. The summed E-state index contributed by atoms with van der Waals surface area (Å²) < 4.78 is 41.3. The lowest BCUT2D eigenvalue weighted by molar-refractivity contribution is -0.385. The van der Waals surface area contributed by atoms with E-state index in [2.05, 4.69) is 10.1 Å². The molecule has 1 aliphatic rings. The quantitative estimate of drug-likeness (QED) is 0.593. The Bertz CT molecular complexity index is 559. The van der Waals surface area contributed by atoms with Gasteiger partial charge in [0.15, 0.2) is 5.75 Å². The fourth-order valence-electron chi connectivity index (χ4n) is 1.51. The number of nitro groups is 1. The summed E-state index contributed by atoms with van der Waals surface area (Å²) in [6.07, 6.45) is 0.435. The Morgan fingerprint density at radius 2 is 2.53 bits per heavy atom. The zero-order valence-electron chi connectivity index (χ0n) is 12.7. The molecule has 0 radical (unpaired) electrons. The van der Waals surface area contributed by atoms with Crippen molar-refractivity contribution in [1.82, 2.24) is 5.32 Å². The summed E-state index contributed by atoms with van der Waals surface area (Å²) in [7, 11) is -2.80.